The molecular formula is C21H19F3P+. The second-order valence-corrected chi connectivity index (χ2v) is 10.3. The van der Waals surface area contributed by atoms with Crippen LogP contribution in [0.4, 0.5) is 13.2 Å². The lowest BCUT2D eigenvalue weighted by molar-refractivity contribution is 0.628. The third-order valence-electron chi connectivity index (χ3n) is 4.48. The summed E-state index contributed by atoms with van der Waals surface area (Å²) >= 11 is 0. The van der Waals surface area contributed by atoms with Crippen LogP contribution in [0.2, 0.25) is 0 Å². The third-order valence-corrected chi connectivity index (χ3v) is 9.36. The average molecular weight is 359 g/mol. The maximum atomic E-state index is 13.5. The highest BCUT2D eigenvalue weighted by atomic mass is 31.2. The second-order valence-electron chi connectivity index (χ2n) is 6.25. The van der Waals surface area contributed by atoms with Crippen molar-refractivity contribution in [2.75, 3.05) is 0 Å². The van der Waals surface area contributed by atoms with Gasteiger partial charge >= 0.3 is 0 Å². The molecule has 0 nitrogen and oxygen atoms in total. The molecule has 0 amide bonds. The van der Waals surface area contributed by atoms with Gasteiger partial charge in [0.25, 0.3) is 0 Å². The minimum atomic E-state index is -2.18. The molecule has 0 bridgehead atoms. The summed E-state index contributed by atoms with van der Waals surface area (Å²) in [5.74, 6) is -0.906. The van der Waals surface area contributed by atoms with Gasteiger partial charge in [0, 0.05) is 0 Å². The Kier molecular flexibility index (Phi) is 4.96. The summed E-state index contributed by atoms with van der Waals surface area (Å²) in [6, 6.07) is 19.4. The molecule has 0 aliphatic heterocycles. The number of halogens is 3. The molecule has 128 valence electrons. The molecule has 0 unspecified atom stereocenters. The van der Waals surface area contributed by atoms with Crippen molar-refractivity contribution < 1.29 is 13.2 Å². The molecule has 0 saturated carbocycles. The van der Waals surface area contributed by atoms with Gasteiger partial charge in [-0.1, -0.05) is 0 Å². The van der Waals surface area contributed by atoms with Gasteiger partial charge in [-0.25, -0.2) is 13.2 Å². The van der Waals surface area contributed by atoms with Gasteiger partial charge in [0.05, 0.1) is 5.66 Å². The van der Waals surface area contributed by atoms with E-state index in [1.54, 1.807) is 36.4 Å². The molecule has 0 aliphatic rings. The quantitative estimate of drug-likeness (QED) is 0.587. The van der Waals surface area contributed by atoms with Crippen molar-refractivity contribution in [3.63, 3.8) is 0 Å². The van der Waals surface area contributed by atoms with Crippen molar-refractivity contribution in [1.29, 1.82) is 0 Å². The fraction of sp³-hybridized carbons (Fsp3) is 0.143. The van der Waals surface area contributed by atoms with Crippen LogP contribution in [0.3, 0.4) is 0 Å². The minimum absolute atomic E-state index is 0.175. The van der Waals surface area contributed by atoms with Crippen molar-refractivity contribution >= 4 is 23.2 Å². The zero-order chi connectivity index (χ0) is 18.0. The molecule has 0 fully saturated rings. The maximum absolute atomic E-state index is 13.5. The Bertz CT molecular complexity index is 727. The fourth-order valence-corrected chi connectivity index (χ4v) is 7.91. The van der Waals surface area contributed by atoms with Gasteiger partial charge in [0.2, 0.25) is 0 Å². The first-order chi connectivity index (χ1) is 11.9. The van der Waals surface area contributed by atoms with Crippen molar-refractivity contribution in [3.8, 4) is 0 Å². The van der Waals surface area contributed by atoms with Gasteiger partial charge < -0.3 is 0 Å². The largest absolute Gasteiger partial charge is 0.207 e. The Hall–Kier alpha value is -2.12. The first-order valence-corrected chi connectivity index (χ1v) is 9.97. The van der Waals surface area contributed by atoms with Gasteiger partial charge in [-0.05, 0) is 86.6 Å². The molecule has 0 aliphatic carbocycles. The van der Waals surface area contributed by atoms with Gasteiger partial charge in [0.15, 0.2) is 0 Å². The highest BCUT2D eigenvalue weighted by Gasteiger charge is 2.48. The van der Waals surface area contributed by atoms with Crippen molar-refractivity contribution in [2.45, 2.75) is 19.5 Å². The van der Waals surface area contributed by atoms with E-state index in [0.717, 1.165) is 15.9 Å². The number of benzene rings is 3. The van der Waals surface area contributed by atoms with Gasteiger partial charge in [-0.3, -0.25) is 0 Å². The molecular weight excluding hydrogens is 340 g/mol. The van der Waals surface area contributed by atoms with Gasteiger partial charge in [0.1, 0.15) is 40.6 Å². The van der Waals surface area contributed by atoms with Crippen LogP contribution in [0.15, 0.2) is 72.8 Å². The SMILES string of the molecule is CC(C)[P+](c1ccc(F)cc1)(c1ccc(F)cc1)c1ccc(F)cc1. The van der Waals surface area contributed by atoms with E-state index in [4.69, 9.17) is 0 Å². The molecule has 0 aromatic heterocycles. The van der Waals surface area contributed by atoms with Crippen molar-refractivity contribution in [3.05, 3.63) is 90.2 Å². The van der Waals surface area contributed by atoms with Crippen LogP contribution in [0.5, 0.6) is 0 Å². The molecule has 0 spiro atoms. The Morgan fingerprint density at radius 3 is 0.960 bits per heavy atom. The molecule has 0 N–H and O–H groups in total. The van der Waals surface area contributed by atoms with Crippen LogP contribution >= 0.6 is 7.26 Å². The molecule has 4 heteroatoms. The van der Waals surface area contributed by atoms with E-state index in [0.29, 0.717) is 0 Å². The second kappa shape index (κ2) is 7.01. The van der Waals surface area contributed by atoms with E-state index >= 15 is 0 Å². The predicted molar refractivity (Wildman–Crippen MR) is 100 cm³/mol. The Morgan fingerprint density at radius 1 is 0.520 bits per heavy atom. The molecule has 0 atom stereocenters. The van der Waals surface area contributed by atoms with E-state index < -0.39 is 7.26 Å². The number of hydrogen-bond acceptors (Lipinski definition) is 0. The van der Waals surface area contributed by atoms with Crippen molar-refractivity contribution in [2.24, 2.45) is 0 Å². The van der Waals surface area contributed by atoms with Crippen LogP contribution in [-0.2, 0) is 0 Å². The normalized spacial score (nSPS) is 11.8. The summed E-state index contributed by atoms with van der Waals surface area (Å²) in [5, 5.41) is 2.96. The Balaban J connectivity index is 2.33. The average Bonchev–Trinajstić information content (AvgIpc) is 2.60. The molecule has 0 radical (unpaired) electrons. The number of rotatable bonds is 4. The van der Waals surface area contributed by atoms with Crippen LogP contribution in [0, 0.1) is 17.5 Å². The zero-order valence-electron chi connectivity index (χ0n) is 14.1. The topological polar surface area (TPSA) is 0 Å². The monoisotopic (exact) mass is 359 g/mol. The highest BCUT2D eigenvalue weighted by molar-refractivity contribution is 7.96. The molecule has 0 heterocycles. The summed E-state index contributed by atoms with van der Waals surface area (Å²) in [6.07, 6.45) is 0. The summed E-state index contributed by atoms with van der Waals surface area (Å²) in [4.78, 5) is 0. The highest BCUT2D eigenvalue weighted by Crippen LogP contribution is 2.59. The molecule has 0 saturated heterocycles. The van der Waals surface area contributed by atoms with Gasteiger partial charge in [-0.15, -0.1) is 0 Å². The first kappa shape index (κ1) is 17.7. The molecule has 3 aromatic carbocycles. The standard InChI is InChI=1S/C21H19F3P/c1-15(2)25(19-9-3-16(22)4-10-19,20-11-5-17(23)6-12-20)21-13-7-18(24)8-14-21/h3-15H,1-2H3/q+1. The maximum Gasteiger partial charge on any atom is 0.123 e. The van der Waals surface area contributed by atoms with E-state index in [2.05, 4.69) is 13.8 Å². The molecule has 3 rings (SSSR count). The Morgan fingerprint density at radius 2 is 0.760 bits per heavy atom. The van der Waals surface area contributed by atoms with Crippen LogP contribution in [0.25, 0.3) is 0 Å². The first-order valence-electron chi connectivity index (χ1n) is 8.11. The summed E-state index contributed by atoms with van der Waals surface area (Å²) < 4.78 is 40.5. The van der Waals surface area contributed by atoms with Crippen LogP contribution in [0.1, 0.15) is 13.8 Å². The number of hydrogen-bond donors (Lipinski definition) is 0. The van der Waals surface area contributed by atoms with Crippen molar-refractivity contribution in [1.82, 2.24) is 0 Å². The van der Waals surface area contributed by atoms with Crippen LogP contribution < -0.4 is 15.9 Å². The van der Waals surface area contributed by atoms with E-state index in [9.17, 15) is 13.2 Å². The lowest BCUT2D eigenvalue weighted by Gasteiger charge is -2.31. The summed E-state index contributed by atoms with van der Waals surface area (Å²) in [7, 11) is -2.18. The lowest BCUT2D eigenvalue weighted by Crippen LogP contribution is -2.36. The van der Waals surface area contributed by atoms with E-state index in [1.165, 1.54) is 36.4 Å². The smallest absolute Gasteiger partial charge is 0.123 e. The third kappa shape index (κ3) is 3.21. The predicted octanol–water partition coefficient (Wildman–Crippen LogP) is 4.81. The Labute approximate surface area is 146 Å². The molecule has 3 aromatic rings. The summed E-state index contributed by atoms with van der Waals surface area (Å²) in [6.45, 7) is 4.20. The lowest BCUT2D eigenvalue weighted by atomic mass is 10.3. The zero-order valence-corrected chi connectivity index (χ0v) is 15.0. The summed E-state index contributed by atoms with van der Waals surface area (Å²) in [5.41, 5.74) is 0.175. The molecule has 25 heavy (non-hydrogen) atoms. The fourth-order valence-electron chi connectivity index (χ4n) is 3.37. The van der Waals surface area contributed by atoms with E-state index in [-0.39, 0.29) is 23.1 Å². The van der Waals surface area contributed by atoms with Gasteiger partial charge in [-0.2, -0.15) is 0 Å². The van der Waals surface area contributed by atoms with Crippen LogP contribution in [-0.4, -0.2) is 5.66 Å². The van der Waals surface area contributed by atoms with E-state index in [1.807, 2.05) is 0 Å². The minimum Gasteiger partial charge on any atom is -0.207 e.